The molecule has 4 rings (SSSR count). The van der Waals surface area contributed by atoms with Gasteiger partial charge in [0.15, 0.2) is 0 Å². The van der Waals surface area contributed by atoms with Gasteiger partial charge >= 0.3 is 5.97 Å². The third kappa shape index (κ3) is 4.36. The van der Waals surface area contributed by atoms with E-state index in [0.29, 0.717) is 12.2 Å². The number of fused-ring (bicyclic) bond motifs is 1. The molecule has 0 spiro atoms. The Bertz CT molecular complexity index is 1020. The number of esters is 1. The number of hydrogen-bond acceptors (Lipinski definition) is 4. The van der Waals surface area contributed by atoms with Gasteiger partial charge in [0.2, 0.25) is 0 Å². The lowest BCUT2D eigenvalue weighted by molar-refractivity contribution is 0.0474. The molecule has 0 aliphatic carbocycles. The normalized spacial score (nSPS) is 14.9. The molecule has 30 heavy (non-hydrogen) atoms. The van der Waals surface area contributed by atoms with Crippen LogP contribution in [0.4, 0.5) is 0 Å². The van der Waals surface area contributed by atoms with Crippen LogP contribution in [0.1, 0.15) is 48.3 Å². The van der Waals surface area contributed by atoms with Crippen molar-refractivity contribution < 1.29 is 14.3 Å². The molecule has 0 bridgehead atoms. The van der Waals surface area contributed by atoms with Crippen molar-refractivity contribution in [2.75, 3.05) is 19.7 Å². The van der Waals surface area contributed by atoms with Crippen molar-refractivity contribution in [3.05, 3.63) is 65.4 Å². The Labute approximate surface area is 178 Å². The monoisotopic (exact) mass is 406 g/mol. The molecule has 1 aromatic heterocycles. The maximum atomic E-state index is 12.8. The van der Waals surface area contributed by atoms with E-state index in [2.05, 4.69) is 23.7 Å². The van der Waals surface area contributed by atoms with E-state index in [0.717, 1.165) is 41.0 Å². The van der Waals surface area contributed by atoms with Crippen molar-refractivity contribution in [1.29, 1.82) is 0 Å². The molecular formula is C25H30N2O3. The van der Waals surface area contributed by atoms with Crippen LogP contribution in [-0.4, -0.2) is 41.1 Å². The molecule has 2 heterocycles. The summed E-state index contributed by atoms with van der Waals surface area (Å²) in [5, 5.41) is 0.835. The van der Waals surface area contributed by atoms with Crippen LogP contribution in [-0.2, 0) is 11.3 Å². The van der Waals surface area contributed by atoms with Crippen molar-refractivity contribution in [3.63, 3.8) is 0 Å². The van der Waals surface area contributed by atoms with Crippen LogP contribution in [0.3, 0.4) is 0 Å². The quantitative estimate of drug-likeness (QED) is 0.556. The summed E-state index contributed by atoms with van der Waals surface area (Å²) in [4.78, 5) is 18.6. The topological polar surface area (TPSA) is 54.6 Å². The van der Waals surface area contributed by atoms with Crippen molar-refractivity contribution in [2.45, 2.75) is 45.8 Å². The lowest BCUT2D eigenvalue weighted by atomic mass is 10.1. The van der Waals surface area contributed by atoms with E-state index in [4.69, 9.17) is 9.47 Å². The molecule has 0 saturated carbocycles. The van der Waals surface area contributed by atoms with E-state index >= 15 is 0 Å². The number of aryl methyl sites for hydroxylation is 1. The van der Waals surface area contributed by atoms with Crippen LogP contribution < -0.4 is 4.74 Å². The summed E-state index contributed by atoms with van der Waals surface area (Å²) in [5.74, 6) is 0.447. The number of likely N-dealkylation sites (tertiary alicyclic amines) is 1. The first-order valence-electron chi connectivity index (χ1n) is 10.7. The van der Waals surface area contributed by atoms with Crippen LogP contribution in [0.25, 0.3) is 10.9 Å². The Hall–Kier alpha value is -2.79. The Balaban J connectivity index is 1.50. The summed E-state index contributed by atoms with van der Waals surface area (Å²) < 4.78 is 11.7. The van der Waals surface area contributed by atoms with Crippen LogP contribution in [0, 0.1) is 6.92 Å². The molecule has 1 saturated heterocycles. The molecule has 158 valence electrons. The van der Waals surface area contributed by atoms with Gasteiger partial charge in [-0.25, -0.2) is 4.79 Å². The molecule has 5 nitrogen and oxygen atoms in total. The molecular weight excluding hydrogens is 376 g/mol. The minimum atomic E-state index is -0.322. The fourth-order valence-corrected chi connectivity index (χ4v) is 4.13. The first-order valence-corrected chi connectivity index (χ1v) is 10.7. The molecule has 5 heteroatoms. The van der Waals surface area contributed by atoms with Crippen molar-refractivity contribution >= 4 is 16.9 Å². The van der Waals surface area contributed by atoms with Crippen molar-refractivity contribution in [2.24, 2.45) is 0 Å². The average Bonchev–Trinajstić information content (AvgIpc) is 3.39. The summed E-state index contributed by atoms with van der Waals surface area (Å²) in [6.07, 6.45) is 2.51. The molecule has 1 aliphatic heterocycles. The first-order chi connectivity index (χ1) is 14.4. The number of carbonyl (C=O) groups is 1. The second kappa shape index (κ2) is 8.52. The number of aromatic amines is 1. The Morgan fingerprint density at radius 3 is 2.57 bits per heavy atom. The Kier molecular flexibility index (Phi) is 5.82. The predicted molar refractivity (Wildman–Crippen MR) is 119 cm³/mol. The molecule has 3 aromatic rings. The number of carbonyl (C=O) groups excluding carboxylic acids is 1. The fourth-order valence-electron chi connectivity index (χ4n) is 4.13. The largest absolute Gasteiger partial charge is 0.492 e. The number of benzene rings is 2. The minimum Gasteiger partial charge on any atom is -0.492 e. The van der Waals surface area contributed by atoms with Crippen LogP contribution in [0.2, 0.25) is 0 Å². The van der Waals surface area contributed by atoms with Gasteiger partial charge in [-0.3, -0.25) is 4.90 Å². The van der Waals surface area contributed by atoms with E-state index in [1.54, 1.807) is 0 Å². The van der Waals surface area contributed by atoms with Gasteiger partial charge in [0.05, 0.1) is 5.56 Å². The van der Waals surface area contributed by atoms with Gasteiger partial charge in [-0.2, -0.15) is 0 Å². The van der Waals surface area contributed by atoms with Gasteiger partial charge in [-0.05, 0) is 70.5 Å². The second-order valence-electron chi connectivity index (χ2n) is 8.69. The standard InChI is InChI=1S/C25H30N2O3/c1-18-23(24(28)29-16-19-9-5-4-6-10-19)21-15-20(11-12-22(21)26-18)30-17-25(2,3)27-13-7-8-14-27/h4-6,9-12,15,26H,7-8,13-14,16-17H2,1-3H3. The fraction of sp³-hybridized carbons (Fsp3) is 0.400. The third-order valence-electron chi connectivity index (χ3n) is 5.93. The second-order valence-corrected chi connectivity index (χ2v) is 8.69. The van der Waals surface area contributed by atoms with E-state index in [1.807, 2.05) is 55.5 Å². The predicted octanol–water partition coefficient (Wildman–Crippen LogP) is 5.09. The number of rotatable bonds is 7. The van der Waals surface area contributed by atoms with Gasteiger partial charge in [-0.1, -0.05) is 30.3 Å². The smallest absolute Gasteiger partial charge is 0.340 e. The molecule has 0 atom stereocenters. The molecule has 0 unspecified atom stereocenters. The molecule has 0 amide bonds. The summed E-state index contributed by atoms with van der Waals surface area (Å²) in [5.41, 5.74) is 3.24. The highest BCUT2D eigenvalue weighted by atomic mass is 16.5. The zero-order valence-corrected chi connectivity index (χ0v) is 18.0. The SMILES string of the molecule is Cc1[nH]c2ccc(OCC(C)(C)N3CCCC3)cc2c1C(=O)OCc1ccccc1. The van der Waals surface area contributed by atoms with Crippen molar-refractivity contribution in [3.8, 4) is 5.75 Å². The van der Waals surface area contributed by atoms with Gasteiger partial charge in [0.1, 0.15) is 19.0 Å². The van der Waals surface area contributed by atoms with Gasteiger partial charge in [0.25, 0.3) is 0 Å². The van der Waals surface area contributed by atoms with E-state index in [-0.39, 0.29) is 18.1 Å². The lowest BCUT2D eigenvalue weighted by Crippen LogP contribution is -2.46. The molecule has 2 aromatic carbocycles. The molecule has 1 fully saturated rings. The maximum Gasteiger partial charge on any atom is 0.340 e. The molecule has 1 N–H and O–H groups in total. The number of H-pyrrole nitrogens is 1. The zero-order valence-electron chi connectivity index (χ0n) is 18.0. The summed E-state index contributed by atoms with van der Waals surface area (Å²) in [6.45, 7) is 9.47. The van der Waals surface area contributed by atoms with Crippen molar-refractivity contribution in [1.82, 2.24) is 9.88 Å². The highest BCUT2D eigenvalue weighted by Crippen LogP contribution is 2.29. The number of ether oxygens (including phenoxy) is 2. The van der Waals surface area contributed by atoms with Gasteiger partial charge in [0, 0.05) is 22.1 Å². The van der Waals surface area contributed by atoms with E-state index in [9.17, 15) is 4.79 Å². The Morgan fingerprint density at radius 1 is 1.10 bits per heavy atom. The van der Waals surface area contributed by atoms with E-state index in [1.165, 1.54) is 12.8 Å². The summed E-state index contributed by atoms with van der Waals surface area (Å²) >= 11 is 0. The molecule has 0 radical (unpaired) electrons. The van der Waals surface area contributed by atoms with E-state index < -0.39 is 0 Å². The van der Waals surface area contributed by atoms with Gasteiger partial charge < -0.3 is 14.5 Å². The number of nitrogens with one attached hydrogen (secondary N) is 1. The first kappa shape index (κ1) is 20.5. The maximum absolute atomic E-state index is 12.8. The highest BCUT2D eigenvalue weighted by molar-refractivity contribution is 6.05. The minimum absolute atomic E-state index is 0.0169. The summed E-state index contributed by atoms with van der Waals surface area (Å²) in [6, 6.07) is 15.6. The number of nitrogens with zero attached hydrogens (tertiary/aromatic N) is 1. The highest BCUT2D eigenvalue weighted by Gasteiger charge is 2.29. The molecule has 1 aliphatic rings. The lowest BCUT2D eigenvalue weighted by Gasteiger charge is -2.35. The van der Waals surface area contributed by atoms with Gasteiger partial charge in [-0.15, -0.1) is 0 Å². The average molecular weight is 407 g/mol. The Morgan fingerprint density at radius 2 is 1.83 bits per heavy atom. The summed E-state index contributed by atoms with van der Waals surface area (Å²) in [7, 11) is 0. The van der Waals surface area contributed by atoms with Crippen LogP contribution >= 0.6 is 0 Å². The van der Waals surface area contributed by atoms with Crippen LogP contribution in [0.15, 0.2) is 48.5 Å². The number of hydrogen-bond donors (Lipinski definition) is 1. The third-order valence-corrected chi connectivity index (χ3v) is 5.93. The number of aromatic nitrogens is 1. The zero-order chi connectivity index (χ0) is 21.1. The van der Waals surface area contributed by atoms with Crippen LogP contribution in [0.5, 0.6) is 5.75 Å².